The van der Waals surface area contributed by atoms with Crippen LogP contribution in [0.5, 0.6) is 0 Å². The van der Waals surface area contributed by atoms with Gasteiger partial charge < -0.3 is 9.80 Å². The molecule has 0 aromatic carbocycles. The van der Waals surface area contributed by atoms with E-state index in [9.17, 15) is 4.79 Å². The fraction of sp³-hybridized carbons (Fsp3) is 0.643. The van der Waals surface area contributed by atoms with Gasteiger partial charge in [-0.15, -0.1) is 5.10 Å². The molecule has 0 unspecified atom stereocenters. The summed E-state index contributed by atoms with van der Waals surface area (Å²) in [5.41, 5.74) is 0.844. The number of amides is 1. The lowest BCUT2D eigenvalue weighted by atomic mass is 10.1. The van der Waals surface area contributed by atoms with Gasteiger partial charge in [0.05, 0.1) is 30.2 Å². The summed E-state index contributed by atoms with van der Waals surface area (Å²) < 4.78 is 1.85. The maximum Gasteiger partial charge on any atom is 0.223 e. The van der Waals surface area contributed by atoms with E-state index >= 15 is 0 Å². The minimum atomic E-state index is 0.132. The smallest absolute Gasteiger partial charge is 0.223 e. The van der Waals surface area contributed by atoms with Gasteiger partial charge in [-0.2, -0.15) is 15.0 Å². The zero-order chi connectivity index (χ0) is 16.4. The van der Waals surface area contributed by atoms with E-state index in [1.54, 1.807) is 19.4 Å². The van der Waals surface area contributed by atoms with Gasteiger partial charge in [0.2, 0.25) is 5.91 Å². The zero-order valence-electron chi connectivity index (χ0n) is 13.7. The van der Waals surface area contributed by atoms with Crippen LogP contribution in [0, 0.1) is 0 Å². The summed E-state index contributed by atoms with van der Waals surface area (Å²) in [5.74, 6) is 0.144. The first-order valence-electron chi connectivity index (χ1n) is 7.70. The molecular formula is C14H22N8O. The first-order chi connectivity index (χ1) is 11.0. The third kappa shape index (κ3) is 3.39. The monoisotopic (exact) mass is 318 g/mol. The molecule has 3 heterocycles. The first-order valence-corrected chi connectivity index (χ1v) is 7.70. The molecular weight excluding hydrogens is 296 g/mol. The van der Waals surface area contributed by atoms with Crippen molar-refractivity contribution >= 4 is 5.91 Å². The topological polar surface area (TPSA) is 85.0 Å². The fourth-order valence-electron chi connectivity index (χ4n) is 3.03. The molecule has 2 aromatic heterocycles. The first kappa shape index (κ1) is 15.6. The predicted octanol–water partition coefficient (Wildman–Crippen LogP) is -0.647. The van der Waals surface area contributed by atoms with Gasteiger partial charge in [-0.1, -0.05) is 5.21 Å². The average Bonchev–Trinajstić information content (AvgIpc) is 3.24. The number of nitrogens with zero attached hydrogens (tertiary/aromatic N) is 8. The van der Waals surface area contributed by atoms with Gasteiger partial charge in [0, 0.05) is 39.2 Å². The molecule has 3 rings (SSSR count). The van der Waals surface area contributed by atoms with Crippen molar-refractivity contribution in [1.82, 2.24) is 39.8 Å². The van der Waals surface area contributed by atoms with E-state index in [1.165, 1.54) is 4.80 Å². The third-order valence-corrected chi connectivity index (χ3v) is 4.30. The number of hydrogen-bond donors (Lipinski definition) is 0. The van der Waals surface area contributed by atoms with Gasteiger partial charge in [-0.3, -0.25) is 4.79 Å². The van der Waals surface area contributed by atoms with Gasteiger partial charge in [0.1, 0.15) is 0 Å². The average molecular weight is 318 g/mol. The van der Waals surface area contributed by atoms with E-state index in [0.717, 1.165) is 5.69 Å². The molecule has 1 fully saturated rings. The van der Waals surface area contributed by atoms with Gasteiger partial charge in [-0.05, 0) is 14.1 Å². The number of carbonyl (C=O) groups excluding carboxylic acids is 1. The van der Waals surface area contributed by atoms with Crippen molar-refractivity contribution in [1.29, 1.82) is 0 Å². The number of hydrogen-bond acceptors (Lipinski definition) is 6. The number of likely N-dealkylation sites (tertiary alicyclic amines) is 1. The minimum Gasteiger partial charge on any atom is -0.339 e. The molecule has 1 aliphatic heterocycles. The predicted molar refractivity (Wildman–Crippen MR) is 82.4 cm³/mol. The van der Waals surface area contributed by atoms with Crippen molar-refractivity contribution in [3.8, 4) is 0 Å². The van der Waals surface area contributed by atoms with Crippen LogP contribution < -0.4 is 0 Å². The minimum absolute atomic E-state index is 0.132. The van der Waals surface area contributed by atoms with Crippen molar-refractivity contribution in [3.05, 3.63) is 24.3 Å². The summed E-state index contributed by atoms with van der Waals surface area (Å²) in [6.07, 6.45) is 6.30. The largest absolute Gasteiger partial charge is 0.339 e. The molecule has 9 heteroatoms. The second-order valence-electron chi connectivity index (χ2n) is 6.11. The van der Waals surface area contributed by atoms with E-state index in [4.69, 9.17) is 0 Å². The molecule has 0 radical (unpaired) electrons. The van der Waals surface area contributed by atoms with Crippen LogP contribution in [0.3, 0.4) is 0 Å². The van der Waals surface area contributed by atoms with Gasteiger partial charge >= 0.3 is 0 Å². The Hall–Kier alpha value is -2.29. The van der Waals surface area contributed by atoms with Crippen molar-refractivity contribution in [3.63, 3.8) is 0 Å². The molecule has 124 valence electrons. The molecule has 0 N–H and O–H groups in total. The zero-order valence-corrected chi connectivity index (χ0v) is 13.7. The normalized spacial score (nSPS) is 21.3. The summed E-state index contributed by atoms with van der Waals surface area (Å²) in [6.45, 7) is 1.36. The number of rotatable bonds is 5. The van der Waals surface area contributed by atoms with E-state index in [2.05, 4.69) is 25.4 Å². The Balaban J connectivity index is 1.62. The highest BCUT2D eigenvalue weighted by Gasteiger charge is 2.37. The Morgan fingerprint density at radius 3 is 2.83 bits per heavy atom. The van der Waals surface area contributed by atoms with Crippen LogP contribution >= 0.6 is 0 Å². The quantitative estimate of drug-likeness (QED) is 0.728. The highest BCUT2D eigenvalue weighted by molar-refractivity contribution is 5.76. The van der Waals surface area contributed by atoms with Gasteiger partial charge in [0.25, 0.3) is 0 Å². The van der Waals surface area contributed by atoms with E-state index in [0.29, 0.717) is 25.9 Å². The molecule has 1 saturated heterocycles. The lowest BCUT2D eigenvalue weighted by Gasteiger charge is -2.24. The highest BCUT2D eigenvalue weighted by Crippen LogP contribution is 2.25. The summed E-state index contributed by atoms with van der Waals surface area (Å²) in [4.78, 5) is 18.1. The lowest BCUT2D eigenvalue weighted by molar-refractivity contribution is -0.130. The maximum absolute atomic E-state index is 12.5. The second-order valence-corrected chi connectivity index (χ2v) is 6.11. The van der Waals surface area contributed by atoms with E-state index < -0.39 is 0 Å². The maximum atomic E-state index is 12.5. The van der Waals surface area contributed by atoms with Crippen molar-refractivity contribution in [2.24, 2.45) is 7.05 Å². The number of carbonyl (C=O) groups is 1. The summed E-state index contributed by atoms with van der Waals surface area (Å²) in [6, 6.07) is 0.366. The Bertz CT molecular complexity index is 650. The molecule has 1 aliphatic rings. The molecule has 2 atom stereocenters. The van der Waals surface area contributed by atoms with Gasteiger partial charge in [0.15, 0.2) is 0 Å². The molecule has 1 amide bonds. The molecule has 9 nitrogen and oxygen atoms in total. The van der Waals surface area contributed by atoms with Crippen LogP contribution in [0.2, 0.25) is 0 Å². The van der Waals surface area contributed by atoms with Crippen LogP contribution in [0.1, 0.15) is 18.2 Å². The van der Waals surface area contributed by atoms with E-state index in [1.807, 2.05) is 29.9 Å². The van der Waals surface area contributed by atoms with Crippen molar-refractivity contribution < 1.29 is 4.79 Å². The van der Waals surface area contributed by atoms with Crippen molar-refractivity contribution in [2.75, 3.05) is 27.2 Å². The number of aryl methyl sites for hydroxylation is 2. The molecule has 2 aromatic rings. The highest BCUT2D eigenvalue weighted by atomic mass is 16.2. The Kier molecular flexibility index (Phi) is 4.37. The summed E-state index contributed by atoms with van der Waals surface area (Å²) in [7, 11) is 5.83. The molecule has 0 saturated carbocycles. The molecule has 0 bridgehead atoms. The van der Waals surface area contributed by atoms with Crippen LogP contribution in [0.4, 0.5) is 0 Å². The molecule has 0 aliphatic carbocycles. The number of aromatic nitrogens is 6. The Morgan fingerprint density at radius 1 is 1.39 bits per heavy atom. The standard InChI is InChI=1S/C14H22N8O/c1-19(2)12-9-21(10-13(12)22-7-6-15-18-22)14(23)5-4-11-8-16-20(3)17-11/h6-8,12-13H,4-5,9-10H2,1-3H3/t12-,13+/m1/s1. The van der Waals surface area contributed by atoms with Crippen LogP contribution in [-0.4, -0.2) is 78.9 Å². The second kappa shape index (κ2) is 6.45. The third-order valence-electron chi connectivity index (χ3n) is 4.30. The summed E-state index contributed by atoms with van der Waals surface area (Å²) in [5, 5.41) is 16.2. The molecule has 0 spiro atoms. The Labute approximate surface area is 134 Å². The molecule has 23 heavy (non-hydrogen) atoms. The van der Waals surface area contributed by atoms with E-state index in [-0.39, 0.29) is 18.0 Å². The fourth-order valence-corrected chi connectivity index (χ4v) is 3.03. The number of likely N-dealkylation sites (N-methyl/N-ethyl adjacent to an activating group) is 1. The summed E-state index contributed by atoms with van der Waals surface area (Å²) >= 11 is 0. The van der Waals surface area contributed by atoms with Gasteiger partial charge in [-0.25, -0.2) is 4.68 Å². The van der Waals surface area contributed by atoms with Crippen LogP contribution in [0.25, 0.3) is 0 Å². The van der Waals surface area contributed by atoms with Crippen molar-refractivity contribution in [2.45, 2.75) is 24.9 Å². The van der Waals surface area contributed by atoms with Crippen LogP contribution in [-0.2, 0) is 18.3 Å². The Morgan fingerprint density at radius 2 is 2.22 bits per heavy atom. The lowest BCUT2D eigenvalue weighted by Crippen LogP contribution is -2.37. The van der Waals surface area contributed by atoms with Crippen LogP contribution in [0.15, 0.2) is 18.6 Å². The SMILES string of the molecule is CN(C)[C@@H]1CN(C(=O)CCc2cnn(C)n2)C[C@@H]1n1ccnn1.